The SMILES string of the molecule is C/C(=N/Nc1ccc(C(=O)[O-])cc1)c1ccc2c(c1)CCC2. The molecule has 2 aromatic carbocycles. The topological polar surface area (TPSA) is 64.5 Å². The summed E-state index contributed by atoms with van der Waals surface area (Å²) in [5.74, 6) is -1.18. The van der Waals surface area contributed by atoms with Gasteiger partial charge in [-0.25, -0.2) is 0 Å². The van der Waals surface area contributed by atoms with Gasteiger partial charge >= 0.3 is 0 Å². The van der Waals surface area contributed by atoms with Gasteiger partial charge in [-0.2, -0.15) is 5.10 Å². The van der Waals surface area contributed by atoms with Crippen molar-refractivity contribution in [2.75, 3.05) is 5.43 Å². The maximum atomic E-state index is 10.7. The van der Waals surface area contributed by atoms with Crippen molar-refractivity contribution >= 4 is 17.4 Å². The average Bonchev–Trinajstić information content (AvgIpc) is 3.00. The number of aryl methyl sites for hydroxylation is 2. The molecule has 0 unspecified atom stereocenters. The van der Waals surface area contributed by atoms with Crippen LogP contribution in [0.3, 0.4) is 0 Å². The van der Waals surface area contributed by atoms with Crippen molar-refractivity contribution in [3.05, 3.63) is 64.7 Å². The Morgan fingerprint density at radius 3 is 2.45 bits per heavy atom. The standard InChI is InChI=1S/C18H18N2O2/c1-12(15-6-5-13-3-2-4-16(13)11-15)19-20-17-9-7-14(8-10-17)18(21)22/h5-11,20H,2-4H2,1H3,(H,21,22)/p-1/b19-12-. The fraction of sp³-hybridized carbons (Fsp3) is 0.222. The lowest BCUT2D eigenvalue weighted by Gasteiger charge is -2.07. The maximum Gasteiger partial charge on any atom is 0.0715 e. The van der Waals surface area contributed by atoms with E-state index in [1.165, 1.54) is 36.1 Å². The second kappa shape index (κ2) is 6.02. The number of carbonyl (C=O) groups is 1. The number of aromatic carboxylic acids is 1. The van der Waals surface area contributed by atoms with E-state index in [0.29, 0.717) is 0 Å². The van der Waals surface area contributed by atoms with Gasteiger partial charge in [0.2, 0.25) is 0 Å². The number of hydrogen-bond acceptors (Lipinski definition) is 4. The summed E-state index contributed by atoms with van der Waals surface area (Å²) in [6.45, 7) is 1.96. The number of hydrazone groups is 1. The summed E-state index contributed by atoms with van der Waals surface area (Å²) in [7, 11) is 0. The van der Waals surface area contributed by atoms with Crippen molar-refractivity contribution in [3.8, 4) is 0 Å². The first-order valence-electron chi connectivity index (χ1n) is 7.37. The van der Waals surface area contributed by atoms with E-state index in [2.05, 4.69) is 28.7 Å². The Kier molecular flexibility index (Phi) is 3.92. The second-order valence-electron chi connectivity index (χ2n) is 5.51. The van der Waals surface area contributed by atoms with Gasteiger partial charge in [-0.15, -0.1) is 0 Å². The first kappa shape index (κ1) is 14.3. The number of hydrogen-bond donors (Lipinski definition) is 1. The number of anilines is 1. The van der Waals surface area contributed by atoms with Gasteiger partial charge in [-0.3, -0.25) is 5.43 Å². The Labute approximate surface area is 129 Å². The monoisotopic (exact) mass is 293 g/mol. The molecule has 0 bridgehead atoms. The first-order chi connectivity index (χ1) is 10.6. The largest absolute Gasteiger partial charge is 0.545 e. The Hall–Kier alpha value is -2.62. The van der Waals surface area contributed by atoms with Gasteiger partial charge in [0.05, 0.1) is 17.4 Å². The number of rotatable bonds is 4. The van der Waals surface area contributed by atoms with Crippen LogP contribution in [0.1, 0.15) is 40.4 Å². The molecule has 0 saturated carbocycles. The maximum absolute atomic E-state index is 10.7. The van der Waals surface area contributed by atoms with E-state index in [-0.39, 0.29) is 5.56 Å². The minimum absolute atomic E-state index is 0.157. The highest BCUT2D eigenvalue weighted by molar-refractivity contribution is 5.99. The predicted molar refractivity (Wildman–Crippen MR) is 85.1 cm³/mol. The van der Waals surface area contributed by atoms with Crippen molar-refractivity contribution in [2.24, 2.45) is 5.10 Å². The number of nitrogens with zero attached hydrogens (tertiary/aromatic N) is 1. The Balaban J connectivity index is 1.73. The van der Waals surface area contributed by atoms with E-state index in [0.717, 1.165) is 23.4 Å². The third-order valence-corrected chi connectivity index (χ3v) is 3.99. The highest BCUT2D eigenvalue weighted by Gasteiger charge is 2.11. The van der Waals surface area contributed by atoms with Gasteiger partial charge in [0.15, 0.2) is 0 Å². The summed E-state index contributed by atoms with van der Waals surface area (Å²) in [5.41, 5.74) is 8.73. The van der Waals surface area contributed by atoms with Crippen LogP contribution in [0.15, 0.2) is 47.6 Å². The molecule has 0 atom stereocenters. The lowest BCUT2D eigenvalue weighted by Crippen LogP contribution is -2.21. The van der Waals surface area contributed by atoms with Crippen molar-refractivity contribution in [1.82, 2.24) is 0 Å². The molecule has 0 radical (unpaired) electrons. The molecule has 0 spiro atoms. The fourth-order valence-electron chi connectivity index (χ4n) is 2.69. The highest BCUT2D eigenvalue weighted by Crippen LogP contribution is 2.23. The molecular formula is C18H17N2O2-. The lowest BCUT2D eigenvalue weighted by molar-refractivity contribution is -0.255. The van der Waals surface area contributed by atoms with Crippen LogP contribution in [-0.2, 0) is 12.8 Å². The first-order valence-corrected chi connectivity index (χ1v) is 7.37. The fourth-order valence-corrected chi connectivity index (χ4v) is 2.69. The minimum atomic E-state index is -1.18. The van der Waals surface area contributed by atoms with E-state index in [9.17, 15) is 9.90 Å². The molecule has 0 amide bonds. The van der Waals surface area contributed by atoms with Crippen molar-refractivity contribution in [3.63, 3.8) is 0 Å². The van der Waals surface area contributed by atoms with Gasteiger partial charge in [0.1, 0.15) is 0 Å². The number of fused-ring (bicyclic) bond motifs is 1. The molecule has 22 heavy (non-hydrogen) atoms. The summed E-state index contributed by atoms with van der Waals surface area (Å²) in [6.07, 6.45) is 3.56. The predicted octanol–water partition coefficient (Wildman–Crippen LogP) is 2.37. The molecule has 1 aliphatic rings. The number of carboxylic acid groups (broad SMARTS) is 1. The molecular weight excluding hydrogens is 276 g/mol. The molecule has 0 fully saturated rings. The van der Waals surface area contributed by atoms with Crippen LogP contribution in [0.2, 0.25) is 0 Å². The molecule has 0 heterocycles. The van der Waals surface area contributed by atoms with Crippen LogP contribution in [0.4, 0.5) is 5.69 Å². The number of carboxylic acids is 1. The summed E-state index contributed by atoms with van der Waals surface area (Å²) < 4.78 is 0. The molecule has 4 heteroatoms. The zero-order valence-electron chi connectivity index (χ0n) is 12.4. The normalized spacial score (nSPS) is 13.8. The van der Waals surface area contributed by atoms with Crippen LogP contribution in [0.5, 0.6) is 0 Å². The second-order valence-corrected chi connectivity index (χ2v) is 5.51. The van der Waals surface area contributed by atoms with E-state index in [1.54, 1.807) is 12.1 Å². The van der Waals surface area contributed by atoms with E-state index >= 15 is 0 Å². The van der Waals surface area contributed by atoms with Gasteiger partial charge < -0.3 is 9.90 Å². The Bertz CT molecular complexity index is 733. The molecule has 1 aliphatic carbocycles. The molecule has 0 saturated heterocycles. The van der Waals surface area contributed by atoms with Crippen molar-refractivity contribution in [2.45, 2.75) is 26.2 Å². The summed E-state index contributed by atoms with van der Waals surface area (Å²) in [6, 6.07) is 12.8. The summed E-state index contributed by atoms with van der Waals surface area (Å²) in [4.78, 5) is 10.7. The van der Waals surface area contributed by atoms with Crippen LogP contribution in [0.25, 0.3) is 0 Å². The van der Waals surface area contributed by atoms with Gasteiger partial charge in [0, 0.05) is 0 Å². The lowest BCUT2D eigenvalue weighted by atomic mass is 10.0. The smallest absolute Gasteiger partial charge is 0.0715 e. The molecule has 4 nitrogen and oxygen atoms in total. The number of nitrogens with one attached hydrogen (secondary N) is 1. The number of carbonyl (C=O) groups excluding carboxylic acids is 1. The summed E-state index contributed by atoms with van der Waals surface area (Å²) >= 11 is 0. The van der Waals surface area contributed by atoms with Gasteiger partial charge in [-0.05, 0) is 66.6 Å². The summed E-state index contributed by atoms with van der Waals surface area (Å²) in [5, 5.41) is 15.1. The highest BCUT2D eigenvalue weighted by atomic mass is 16.4. The van der Waals surface area contributed by atoms with E-state index in [1.807, 2.05) is 6.92 Å². The van der Waals surface area contributed by atoms with Crippen LogP contribution >= 0.6 is 0 Å². The number of benzene rings is 2. The third-order valence-electron chi connectivity index (χ3n) is 3.99. The average molecular weight is 293 g/mol. The van der Waals surface area contributed by atoms with Crippen molar-refractivity contribution < 1.29 is 9.90 Å². The molecule has 2 aromatic rings. The third kappa shape index (κ3) is 3.01. The van der Waals surface area contributed by atoms with Crippen LogP contribution < -0.4 is 10.5 Å². The molecule has 0 aliphatic heterocycles. The zero-order chi connectivity index (χ0) is 15.5. The zero-order valence-corrected chi connectivity index (χ0v) is 12.4. The van der Waals surface area contributed by atoms with E-state index < -0.39 is 5.97 Å². The molecule has 3 rings (SSSR count). The van der Waals surface area contributed by atoms with E-state index in [4.69, 9.17) is 0 Å². The Morgan fingerprint density at radius 2 is 1.73 bits per heavy atom. The quantitative estimate of drug-likeness (QED) is 0.695. The van der Waals surface area contributed by atoms with Crippen LogP contribution in [-0.4, -0.2) is 11.7 Å². The van der Waals surface area contributed by atoms with Crippen LogP contribution in [0, 0.1) is 0 Å². The molecule has 0 aromatic heterocycles. The van der Waals surface area contributed by atoms with Gasteiger partial charge in [-0.1, -0.05) is 24.3 Å². The van der Waals surface area contributed by atoms with Gasteiger partial charge in [0.25, 0.3) is 0 Å². The molecule has 1 N–H and O–H groups in total. The Morgan fingerprint density at radius 1 is 1.05 bits per heavy atom. The van der Waals surface area contributed by atoms with Crippen molar-refractivity contribution in [1.29, 1.82) is 0 Å². The minimum Gasteiger partial charge on any atom is -0.545 e. The molecule has 112 valence electrons.